The minimum atomic E-state index is 0.743. The van der Waals surface area contributed by atoms with Crippen molar-refractivity contribution in [2.45, 2.75) is 25.2 Å². The minimum absolute atomic E-state index is 0.743. The van der Waals surface area contributed by atoms with Crippen molar-refractivity contribution in [2.75, 3.05) is 24.5 Å². The van der Waals surface area contributed by atoms with Crippen molar-refractivity contribution in [3.8, 4) is 0 Å². The summed E-state index contributed by atoms with van der Waals surface area (Å²) in [4.78, 5) is 2.48. The lowest BCUT2D eigenvalue weighted by molar-refractivity contribution is 0.454. The van der Waals surface area contributed by atoms with E-state index in [2.05, 4.69) is 39.0 Å². The Morgan fingerprint density at radius 1 is 1.35 bits per heavy atom. The number of rotatable bonds is 2. The van der Waals surface area contributed by atoms with Gasteiger partial charge in [0.15, 0.2) is 0 Å². The van der Waals surface area contributed by atoms with E-state index in [1.807, 2.05) is 0 Å². The Hall–Kier alpha value is -0.540. The third kappa shape index (κ3) is 2.00. The number of fused-ring (bicyclic) bond motifs is 3. The predicted molar refractivity (Wildman–Crippen MR) is 75.5 cm³/mol. The van der Waals surface area contributed by atoms with Gasteiger partial charge < -0.3 is 10.6 Å². The van der Waals surface area contributed by atoms with Crippen LogP contribution >= 0.6 is 15.9 Å². The first-order valence-corrected chi connectivity index (χ1v) is 7.33. The van der Waals surface area contributed by atoms with E-state index < -0.39 is 0 Å². The second-order valence-corrected chi connectivity index (χ2v) is 6.15. The van der Waals surface area contributed by atoms with Gasteiger partial charge in [0.05, 0.1) is 0 Å². The lowest BCUT2D eigenvalue weighted by atomic mass is 9.83. The molecule has 1 aliphatic heterocycles. The minimum Gasteiger partial charge on any atom is -0.370 e. The van der Waals surface area contributed by atoms with Gasteiger partial charge in [0.1, 0.15) is 0 Å². The topological polar surface area (TPSA) is 29.3 Å². The second kappa shape index (κ2) is 4.62. The zero-order valence-electron chi connectivity index (χ0n) is 10.0. The molecule has 0 aromatic heterocycles. The molecule has 1 aromatic rings. The zero-order chi connectivity index (χ0) is 11.8. The highest BCUT2D eigenvalue weighted by atomic mass is 79.9. The van der Waals surface area contributed by atoms with Crippen LogP contribution in [0, 0.1) is 5.92 Å². The van der Waals surface area contributed by atoms with Gasteiger partial charge in [0.25, 0.3) is 0 Å². The van der Waals surface area contributed by atoms with Crippen molar-refractivity contribution < 1.29 is 0 Å². The number of nitrogens with zero attached hydrogens (tertiary/aromatic N) is 1. The van der Waals surface area contributed by atoms with Crippen molar-refractivity contribution in [3.63, 3.8) is 0 Å². The molecule has 2 atom stereocenters. The summed E-state index contributed by atoms with van der Waals surface area (Å²) in [5.74, 6) is 1.64. The van der Waals surface area contributed by atoms with Crippen LogP contribution in [0.2, 0.25) is 0 Å². The van der Waals surface area contributed by atoms with Crippen molar-refractivity contribution in [1.82, 2.24) is 0 Å². The van der Waals surface area contributed by atoms with Gasteiger partial charge in [-0.15, -0.1) is 0 Å². The van der Waals surface area contributed by atoms with Gasteiger partial charge in [-0.05, 0) is 48.4 Å². The SMILES string of the molecule is NCCN1CC2CCCC2c2cc(Br)ccc21. The van der Waals surface area contributed by atoms with Crippen LogP contribution in [0.4, 0.5) is 5.69 Å². The van der Waals surface area contributed by atoms with Crippen molar-refractivity contribution in [2.24, 2.45) is 11.7 Å². The Morgan fingerprint density at radius 2 is 2.24 bits per heavy atom. The smallest absolute Gasteiger partial charge is 0.0403 e. The van der Waals surface area contributed by atoms with Gasteiger partial charge in [-0.25, -0.2) is 0 Å². The molecule has 0 bridgehead atoms. The first-order valence-electron chi connectivity index (χ1n) is 6.54. The molecular formula is C14H19BrN2. The van der Waals surface area contributed by atoms with E-state index in [-0.39, 0.29) is 0 Å². The fourth-order valence-electron chi connectivity index (χ4n) is 3.52. The van der Waals surface area contributed by atoms with E-state index in [1.54, 1.807) is 5.56 Å². The van der Waals surface area contributed by atoms with Crippen LogP contribution in [0.15, 0.2) is 22.7 Å². The summed E-state index contributed by atoms with van der Waals surface area (Å²) in [6.07, 6.45) is 4.14. The number of anilines is 1. The van der Waals surface area contributed by atoms with Crippen LogP contribution < -0.4 is 10.6 Å². The van der Waals surface area contributed by atoms with Crippen LogP contribution in [0.1, 0.15) is 30.7 Å². The third-order valence-corrected chi connectivity index (χ3v) is 4.74. The Balaban J connectivity index is 2.02. The predicted octanol–water partition coefficient (Wildman–Crippen LogP) is 3.11. The van der Waals surface area contributed by atoms with Crippen LogP contribution in [0.3, 0.4) is 0 Å². The maximum atomic E-state index is 5.73. The lowest BCUT2D eigenvalue weighted by Crippen LogP contribution is -2.39. The quantitative estimate of drug-likeness (QED) is 0.908. The highest BCUT2D eigenvalue weighted by Crippen LogP contribution is 2.47. The van der Waals surface area contributed by atoms with E-state index in [1.165, 1.54) is 36.0 Å². The lowest BCUT2D eigenvalue weighted by Gasteiger charge is -2.38. The molecule has 1 saturated carbocycles. The Labute approximate surface area is 111 Å². The van der Waals surface area contributed by atoms with Gasteiger partial charge in [0, 0.05) is 29.8 Å². The first kappa shape index (κ1) is 11.5. The van der Waals surface area contributed by atoms with Crippen LogP contribution in [0.25, 0.3) is 0 Å². The molecule has 1 fully saturated rings. The molecule has 0 spiro atoms. The molecule has 2 unspecified atom stereocenters. The van der Waals surface area contributed by atoms with E-state index in [4.69, 9.17) is 5.73 Å². The highest BCUT2D eigenvalue weighted by molar-refractivity contribution is 9.10. The maximum absolute atomic E-state index is 5.73. The zero-order valence-corrected chi connectivity index (χ0v) is 11.6. The van der Waals surface area contributed by atoms with Crippen molar-refractivity contribution in [1.29, 1.82) is 0 Å². The van der Waals surface area contributed by atoms with Crippen LogP contribution in [-0.4, -0.2) is 19.6 Å². The summed E-state index contributed by atoms with van der Waals surface area (Å²) in [5, 5.41) is 0. The third-order valence-electron chi connectivity index (χ3n) is 4.24. The molecule has 2 aliphatic rings. The second-order valence-electron chi connectivity index (χ2n) is 5.24. The number of nitrogens with two attached hydrogens (primary N) is 1. The molecule has 0 radical (unpaired) electrons. The number of hydrogen-bond donors (Lipinski definition) is 1. The fraction of sp³-hybridized carbons (Fsp3) is 0.571. The molecule has 0 saturated heterocycles. The normalized spacial score (nSPS) is 26.8. The Morgan fingerprint density at radius 3 is 3.06 bits per heavy atom. The van der Waals surface area contributed by atoms with Gasteiger partial charge >= 0.3 is 0 Å². The monoisotopic (exact) mass is 294 g/mol. The maximum Gasteiger partial charge on any atom is 0.0403 e. The van der Waals surface area contributed by atoms with Gasteiger partial charge in [-0.2, -0.15) is 0 Å². The van der Waals surface area contributed by atoms with E-state index >= 15 is 0 Å². The fourth-order valence-corrected chi connectivity index (χ4v) is 3.90. The molecule has 2 N–H and O–H groups in total. The molecule has 3 heteroatoms. The molecule has 1 heterocycles. The molecule has 92 valence electrons. The molecule has 2 nitrogen and oxygen atoms in total. The number of halogens is 1. The highest BCUT2D eigenvalue weighted by Gasteiger charge is 2.36. The van der Waals surface area contributed by atoms with Gasteiger partial charge in [-0.1, -0.05) is 22.4 Å². The van der Waals surface area contributed by atoms with E-state index in [0.29, 0.717) is 0 Å². The summed E-state index contributed by atoms with van der Waals surface area (Å²) >= 11 is 3.60. The van der Waals surface area contributed by atoms with Crippen LogP contribution in [0.5, 0.6) is 0 Å². The summed E-state index contributed by atoms with van der Waals surface area (Å²) in [6.45, 7) is 2.93. The summed E-state index contributed by atoms with van der Waals surface area (Å²) in [7, 11) is 0. The molecule has 17 heavy (non-hydrogen) atoms. The first-order chi connectivity index (χ1) is 8.29. The standard InChI is InChI=1S/C14H19BrN2/c15-11-4-5-14-13(8-11)12-3-1-2-10(12)9-17(14)7-6-16/h4-5,8,10,12H,1-3,6-7,9,16H2. The van der Waals surface area contributed by atoms with Crippen molar-refractivity contribution in [3.05, 3.63) is 28.2 Å². The summed E-state index contributed by atoms with van der Waals surface area (Å²) < 4.78 is 1.21. The van der Waals surface area contributed by atoms with E-state index in [0.717, 1.165) is 24.9 Å². The average Bonchev–Trinajstić information content (AvgIpc) is 2.77. The largest absolute Gasteiger partial charge is 0.370 e. The van der Waals surface area contributed by atoms with Gasteiger partial charge in [-0.3, -0.25) is 0 Å². The Bertz CT molecular complexity index is 419. The molecular weight excluding hydrogens is 276 g/mol. The van der Waals surface area contributed by atoms with Crippen LogP contribution in [-0.2, 0) is 0 Å². The summed E-state index contributed by atoms with van der Waals surface area (Å²) in [5.41, 5.74) is 8.69. The van der Waals surface area contributed by atoms with Gasteiger partial charge in [0.2, 0.25) is 0 Å². The molecule has 3 rings (SSSR count). The molecule has 1 aliphatic carbocycles. The molecule has 0 amide bonds. The average molecular weight is 295 g/mol. The van der Waals surface area contributed by atoms with E-state index in [9.17, 15) is 0 Å². The Kier molecular flexibility index (Phi) is 3.14. The van der Waals surface area contributed by atoms with Crippen molar-refractivity contribution >= 4 is 21.6 Å². The summed E-state index contributed by atoms with van der Waals surface area (Å²) in [6, 6.07) is 6.72. The number of hydrogen-bond acceptors (Lipinski definition) is 2. The molecule has 1 aromatic carbocycles. The number of benzene rings is 1.